The molecule has 3 rings (SSSR count). The monoisotopic (exact) mass is 287 g/mol. The van der Waals surface area contributed by atoms with Crippen molar-refractivity contribution in [3.8, 4) is 5.75 Å². The van der Waals surface area contributed by atoms with Crippen LogP contribution in [0.4, 0.5) is 0 Å². The highest BCUT2D eigenvalue weighted by Gasteiger charge is 2.26. The quantitative estimate of drug-likeness (QED) is 0.881. The fraction of sp³-hybridized carbons (Fsp3) is 0.684. The maximum absolute atomic E-state index is 5.62. The van der Waals surface area contributed by atoms with Crippen molar-refractivity contribution in [1.82, 2.24) is 5.32 Å². The van der Waals surface area contributed by atoms with E-state index in [0.717, 1.165) is 37.0 Å². The van der Waals surface area contributed by atoms with Crippen LogP contribution in [0.15, 0.2) is 18.2 Å². The molecule has 116 valence electrons. The zero-order valence-corrected chi connectivity index (χ0v) is 13.7. The van der Waals surface area contributed by atoms with Gasteiger partial charge in [-0.3, -0.25) is 0 Å². The Hall–Kier alpha value is -1.02. The van der Waals surface area contributed by atoms with Crippen LogP contribution in [0.5, 0.6) is 5.75 Å². The Balaban J connectivity index is 1.70. The smallest absolute Gasteiger partial charge is 0.122 e. The van der Waals surface area contributed by atoms with Gasteiger partial charge < -0.3 is 10.1 Å². The van der Waals surface area contributed by atoms with Gasteiger partial charge in [-0.05, 0) is 54.7 Å². The van der Waals surface area contributed by atoms with Gasteiger partial charge in [0, 0.05) is 18.5 Å². The highest BCUT2D eigenvalue weighted by molar-refractivity contribution is 5.40. The average molecular weight is 287 g/mol. The standard InChI is InChI=1S/C19H29NO/c1-4-18(20-17-10-13(2)9-14(3)11-17)15-5-6-19-16(12-15)7-8-21-19/h5-6,12-14,17-18,20H,4,7-11H2,1-3H3. The molecule has 0 bridgehead atoms. The van der Waals surface area contributed by atoms with E-state index in [1.54, 1.807) is 0 Å². The first kappa shape index (κ1) is 14.9. The van der Waals surface area contributed by atoms with Crippen LogP contribution in [-0.2, 0) is 6.42 Å². The molecule has 1 saturated carbocycles. The average Bonchev–Trinajstić information content (AvgIpc) is 2.91. The lowest BCUT2D eigenvalue weighted by atomic mass is 9.80. The summed E-state index contributed by atoms with van der Waals surface area (Å²) in [5.41, 5.74) is 2.82. The van der Waals surface area contributed by atoms with Gasteiger partial charge in [0.1, 0.15) is 5.75 Å². The molecule has 1 aromatic rings. The predicted molar refractivity (Wildman–Crippen MR) is 87.8 cm³/mol. The van der Waals surface area contributed by atoms with Crippen LogP contribution in [0.1, 0.15) is 63.6 Å². The zero-order chi connectivity index (χ0) is 14.8. The number of ether oxygens (including phenoxy) is 1. The topological polar surface area (TPSA) is 21.3 Å². The van der Waals surface area contributed by atoms with Crippen LogP contribution >= 0.6 is 0 Å². The van der Waals surface area contributed by atoms with Crippen molar-refractivity contribution in [3.63, 3.8) is 0 Å². The summed E-state index contributed by atoms with van der Waals surface area (Å²) in [6.07, 6.45) is 6.27. The lowest BCUT2D eigenvalue weighted by molar-refractivity contribution is 0.224. The van der Waals surface area contributed by atoms with Gasteiger partial charge in [-0.1, -0.05) is 32.9 Å². The first-order valence-corrected chi connectivity index (χ1v) is 8.67. The molecule has 1 fully saturated rings. The predicted octanol–water partition coefficient (Wildman–Crippen LogP) is 4.49. The Morgan fingerprint density at radius 3 is 2.67 bits per heavy atom. The molecule has 3 unspecified atom stereocenters. The molecule has 1 heterocycles. The summed E-state index contributed by atoms with van der Waals surface area (Å²) < 4.78 is 5.62. The third-order valence-corrected chi connectivity index (χ3v) is 5.14. The van der Waals surface area contributed by atoms with Gasteiger partial charge in [0.15, 0.2) is 0 Å². The third kappa shape index (κ3) is 3.42. The summed E-state index contributed by atoms with van der Waals surface area (Å²) in [4.78, 5) is 0. The molecule has 0 radical (unpaired) electrons. The van der Waals surface area contributed by atoms with Crippen LogP contribution in [0.25, 0.3) is 0 Å². The van der Waals surface area contributed by atoms with Gasteiger partial charge in [-0.15, -0.1) is 0 Å². The number of nitrogens with one attached hydrogen (secondary N) is 1. The van der Waals surface area contributed by atoms with Gasteiger partial charge in [0.25, 0.3) is 0 Å². The SMILES string of the molecule is CCC(NC1CC(C)CC(C)C1)c1ccc2c(c1)CCO2. The number of fused-ring (bicyclic) bond motifs is 1. The molecule has 2 nitrogen and oxygen atoms in total. The summed E-state index contributed by atoms with van der Waals surface area (Å²) in [7, 11) is 0. The molecule has 21 heavy (non-hydrogen) atoms. The summed E-state index contributed by atoms with van der Waals surface area (Å²) >= 11 is 0. The fourth-order valence-corrected chi connectivity index (χ4v) is 4.24. The Labute approximate surface area is 129 Å². The first-order chi connectivity index (χ1) is 10.2. The molecule has 0 aromatic heterocycles. The van der Waals surface area contributed by atoms with Crippen molar-refractivity contribution in [1.29, 1.82) is 0 Å². The minimum atomic E-state index is 0.485. The lowest BCUT2D eigenvalue weighted by Crippen LogP contribution is -2.38. The summed E-state index contributed by atoms with van der Waals surface area (Å²) in [5, 5.41) is 3.93. The summed E-state index contributed by atoms with van der Waals surface area (Å²) in [6.45, 7) is 7.94. The minimum absolute atomic E-state index is 0.485. The Morgan fingerprint density at radius 2 is 1.95 bits per heavy atom. The second-order valence-corrected chi connectivity index (χ2v) is 7.21. The summed E-state index contributed by atoms with van der Waals surface area (Å²) in [6, 6.07) is 7.94. The Bertz CT molecular complexity index is 474. The van der Waals surface area contributed by atoms with Crippen LogP contribution in [0, 0.1) is 11.8 Å². The molecule has 3 atom stereocenters. The van der Waals surface area contributed by atoms with E-state index in [1.807, 2.05) is 0 Å². The molecule has 1 aromatic carbocycles. The van der Waals surface area contributed by atoms with Crippen molar-refractivity contribution in [3.05, 3.63) is 29.3 Å². The number of rotatable bonds is 4. The number of hydrogen-bond acceptors (Lipinski definition) is 2. The molecule has 1 aliphatic heterocycles. The van der Waals surface area contributed by atoms with Gasteiger partial charge >= 0.3 is 0 Å². The molecular formula is C19H29NO. The van der Waals surface area contributed by atoms with Crippen LogP contribution in [0.3, 0.4) is 0 Å². The van der Waals surface area contributed by atoms with E-state index in [2.05, 4.69) is 44.3 Å². The molecule has 2 aliphatic rings. The van der Waals surface area contributed by atoms with Gasteiger partial charge in [-0.2, -0.15) is 0 Å². The van der Waals surface area contributed by atoms with Crippen molar-refractivity contribution < 1.29 is 4.74 Å². The van der Waals surface area contributed by atoms with Gasteiger partial charge in [-0.25, -0.2) is 0 Å². The Morgan fingerprint density at radius 1 is 1.19 bits per heavy atom. The second-order valence-electron chi connectivity index (χ2n) is 7.21. The van der Waals surface area contributed by atoms with Crippen molar-refractivity contribution in [2.24, 2.45) is 11.8 Å². The molecular weight excluding hydrogens is 258 g/mol. The summed E-state index contributed by atoms with van der Waals surface area (Å²) in [5.74, 6) is 2.81. The van der Waals surface area contributed by atoms with Crippen LogP contribution in [-0.4, -0.2) is 12.6 Å². The molecule has 0 saturated heterocycles. The van der Waals surface area contributed by atoms with E-state index in [4.69, 9.17) is 4.74 Å². The molecule has 0 spiro atoms. The highest BCUT2D eigenvalue weighted by atomic mass is 16.5. The van der Waals surface area contributed by atoms with Crippen LogP contribution in [0.2, 0.25) is 0 Å². The second kappa shape index (κ2) is 6.39. The van der Waals surface area contributed by atoms with Crippen LogP contribution < -0.4 is 10.1 Å². The lowest BCUT2D eigenvalue weighted by Gasteiger charge is -2.34. The van der Waals surface area contributed by atoms with E-state index in [-0.39, 0.29) is 0 Å². The zero-order valence-electron chi connectivity index (χ0n) is 13.7. The first-order valence-electron chi connectivity index (χ1n) is 8.67. The molecule has 0 amide bonds. The Kier molecular flexibility index (Phi) is 4.54. The van der Waals surface area contributed by atoms with Gasteiger partial charge in [0.05, 0.1) is 6.61 Å². The molecule has 1 N–H and O–H groups in total. The number of hydrogen-bond donors (Lipinski definition) is 1. The normalized spacial score (nSPS) is 29.8. The van der Waals surface area contributed by atoms with E-state index < -0.39 is 0 Å². The number of benzene rings is 1. The maximum atomic E-state index is 5.62. The van der Waals surface area contributed by atoms with Crippen molar-refractivity contribution >= 4 is 0 Å². The minimum Gasteiger partial charge on any atom is -0.493 e. The fourth-order valence-electron chi connectivity index (χ4n) is 4.24. The largest absolute Gasteiger partial charge is 0.493 e. The highest BCUT2D eigenvalue weighted by Crippen LogP contribution is 2.32. The third-order valence-electron chi connectivity index (χ3n) is 5.14. The van der Waals surface area contributed by atoms with E-state index in [1.165, 1.54) is 30.4 Å². The van der Waals surface area contributed by atoms with Gasteiger partial charge in [0.2, 0.25) is 0 Å². The molecule has 1 aliphatic carbocycles. The maximum Gasteiger partial charge on any atom is 0.122 e. The van der Waals surface area contributed by atoms with E-state index in [0.29, 0.717) is 12.1 Å². The molecule has 2 heteroatoms. The van der Waals surface area contributed by atoms with Crippen molar-refractivity contribution in [2.45, 2.75) is 65.0 Å². The van der Waals surface area contributed by atoms with E-state index in [9.17, 15) is 0 Å². The van der Waals surface area contributed by atoms with Crippen molar-refractivity contribution in [2.75, 3.05) is 6.61 Å². The van der Waals surface area contributed by atoms with E-state index >= 15 is 0 Å².